The molecule has 3 rings (SSSR count). The quantitative estimate of drug-likeness (QED) is 0.860. The first-order valence-electron chi connectivity index (χ1n) is 7.29. The van der Waals surface area contributed by atoms with Crippen molar-refractivity contribution in [1.29, 1.82) is 0 Å². The molecule has 18 heavy (non-hydrogen) atoms. The standard InChI is InChI=1S/C15H23N3/c1-2-8-18(9-3-1)10-7-17-15-11-14(15)13-5-4-6-16-12-13/h4-6,12,14-15,17H,1-3,7-11H2/t14-,15+/m1/s1. The largest absolute Gasteiger partial charge is 0.312 e. The van der Waals surface area contributed by atoms with Crippen molar-refractivity contribution in [3.63, 3.8) is 0 Å². The summed E-state index contributed by atoms with van der Waals surface area (Å²) >= 11 is 0. The highest BCUT2D eigenvalue weighted by Gasteiger charge is 2.37. The maximum Gasteiger partial charge on any atom is 0.0303 e. The van der Waals surface area contributed by atoms with E-state index in [4.69, 9.17) is 0 Å². The van der Waals surface area contributed by atoms with E-state index < -0.39 is 0 Å². The van der Waals surface area contributed by atoms with E-state index in [2.05, 4.69) is 21.3 Å². The molecule has 0 radical (unpaired) electrons. The lowest BCUT2D eigenvalue weighted by Gasteiger charge is -2.26. The van der Waals surface area contributed by atoms with E-state index in [1.165, 1.54) is 50.9 Å². The lowest BCUT2D eigenvalue weighted by Crippen LogP contribution is -2.36. The lowest BCUT2D eigenvalue weighted by atomic mass is 10.1. The van der Waals surface area contributed by atoms with Gasteiger partial charge in [-0.1, -0.05) is 12.5 Å². The number of likely N-dealkylation sites (tertiary alicyclic amines) is 1. The second kappa shape index (κ2) is 5.81. The molecule has 1 N–H and O–H groups in total. The lowest BCUT2D eigenvalue weighted by molar-refractivity contribution is 0.229. The Morgan fingerprint density at radius 2 is 2.17 bits per heavy atom. The highest BCUT2D eigenvalue weighted by molar-refractivity contribution is 5.24. The minimum absolute atomic E-state index is 0.694. The Balaban J connectivity index is 1.36. The summed E-state index contributed by atoms with van der Waals surface area (Å²) in [6, 6.07) is 4.93. The van der Waals surface area contributed by atoms with Crippen molar-refractivity contribution in [2.24, 2.45) is 0 Å². The summed E-state index contributed by atoms with van der Waals surface area (Å²) in [5.41, 5.74) is 1.40. The van der Waals surface area contributed by atoms with E-state index in [-0.39, 0.29) is 0 Å². The molecule has 0 unspecified atom stereocenters. The predicted octanol–water partition coefficient (Wildman–Crippen LogP) is 2.01. The molecule has 1 aromatic rings. The van der Waals surface area contributed by atoms with Gasteiger partial charge in [0.2, 0.25) is 0 Å². The van der Waals surface area contributed by atoms with Gasteiger partial charge in [-0.25, -0.2) is 0 Å². The van der Waals surface area contributed by atoms with Gasteiger partial charge in [0.15, 0.2) is 0 Å². The maximum absolute atomic E-state index is 4.20. The smallest absolute Gasteiger partial charge is 0.0303 e. The minimum Gasteiger partial charge on any atom is -0.312 e. The third-order valence-corrected chi connectivity index (χ3v) is 4.19. The number of nitrogens with one attached hydrogen (secondary N) is 1. The molecule has 3 heteroatoms. The van der Waals surface area contributed by atoms with Crippen molar-refractivity contribution in [1.82, 2.24) is 15.2 Å². The van der Waals surface area contributed by atoms with Gasteiger partial charge < -0.3 is 10.2 Å². The summed E-state index contributed by atoms with van der Waals surface area (Å²) in [5.74, 6) is 0.708. The van der Waals surface area contributed by atoms with Crippen molar-refractivity contribution in [2.75, 3.05) is 26.2 Å². The van der Waals surface area contributed by atoms with Crippen LogP contribution in [0, 0.1) is 0 Å². The third-order valence-electron chi connectivity index (χ3n) is 4.19. The molecule has 0 spiro atoms. The van der Waals surface area contributed by atoms with Crippen LogP contribution in [0.25, 0.3) is 0 Å². The van der Waals surface area contributed by atoms with E-state index in [0.717, 1.165) is 6.54 Å². The van der Waals surface area contributed by atoms with Gasteiger partial charge in [-0.15, -0.1) is 0 Å². The van der Waals surface area contributed by atoms with Crippen LogP contribution in [0.1, 0.15) is 37.2 Å². The van der Waals surface area contributed by atoms with Crippen molar-refractivity contribution >= 4 is 0 Å². The first kappa shape index (κ1) is 12.1. The van der Waals surface area contributed by atoms with Crippen LogP contribution in [0.5, 0.6) is 0 Å². The van der Waals surface area contributed by atoms with Gasteiger partial charge in [0, 0.05) is 37.4 Å². The number of aromatic nitrogens is 1. The second-order valence-electron chi connectivity index (χ2n) is 5.59. The summed E-state index contributed by atoms with van der Waals surface area (Å²) < 4.78 is 0. The van der Waals surface area contributed by atoms with E-state index >= 15 is 0 Å². The van der Waals surface area contributed by atoms with Crippen molar-refractivity contribution in [3.8, 4) is 0 Å². The highest BCUT2D eigenvalue weighted by Crippen LogP contribution is 2.40. The summed E-state index contributed by atoms with van der Waals surface area (Å²) in [4.78, 5) is 6.79. The van der Waals surface area contributed by atoms with Gasteiger partial charge in [-0.05, 0) is 44.0 Å². The third kappa shape index (κ3) is 3.09. The number of piperidine rings is 1. The van der Waals surface area contributed by atoms with Gasteiger partial charge in [-0.2, -0.15) is 0 Å². The Morgan fingerprint density at radius 3 is 2.94 bits per heavy atom. The first-order valence-corrected chi connectivity index (χ1v) is 7.29. The molecule has 1 aliphatic carbocycles. The zero-order valence-electron chi connectivity index (χ0n) is 11.0. The number of nitrogens with zero attached hydrogens (tertiary/aromatic N) is 2. The summed E-state index contributed by atoms with van der Waals surface area (Å²) in [6.45, 7) is 4.97. The predicted molar refractivity (Wildman–Crippen MR) is 73.7 cm³/mol. The average molecular weight is 245 g/mol. The molecule has 2 fully saturated rings. The van der Waals surface area contributed by atoms with Crippen LogP contribution in [0.4, 0.5) is 0 Å². The van der Waals surface area contributed by atoms with Crippen LogP contribution in [0.2, 0.25) is 0 Å². The van der Waals surface area contributed by atoms with E-state index in [1.54, 1.807) is 0 Å². The number of hydrogen-bond acceptors (Lipinski definition) is 3. The van der Waals surface area contributed by atoms with Gasteiger partial charge in [-0.3, -0.25) is 4.98 Å². The average Bonchev–Trinajstić information content (AvgIpc) is 3.21. The molecule has 2 aliphatic rings. The van der Waals surface area contributed by atoms with Crippen molar-refractivity contribution in [2.45, 2.75) is 37.6 Å². The molecule has 1 saturated heterocycles. The molecule has 0 aromatic carbocycles. The molecule has 0 amide bonds. The topological polar surface area (TPSA) is 28.2 Å². The fourth-order valence-corrected chi connectivity index (χ4v) is 2.98. The first-order chi connectivity index (χ1) is 8.93. The zero-order chi connectivity index (χ0) is 12.2. The van der Waals surface area contributed by atoms with Crippen molar-refractivity contribution in [3.05, 3.63) is 30.1 Å². The molecule has 98 valence electrons. The molecule has 1 saturated carbocycles. The van der Waals surface area contributed by atoms with Gasteiger partial charge in [0.1, 0.15) is 0 Å². The van der Waals surface area contributed by atoms with Crippen LogP contribution in [-0.2, 0) is 0 Å². The van der Waals surface area contributed by atoms with Gasteiger partial charge in [0.05, 0.1) is 0 Å². The van der Waals surface area contributed by atoms with Crippen LogP contribution in [0.15, 0.2) is 24.5 Å². The minimum atomic E-state index is 0.694. The second-order valence-corrected chi connectivity index (χ2v) is 5.59. The summed E-state index contributed by atoms with van der Waals surface area (Å²) in [6.07, 6.45) is 9.35. The summed E-state index contributed by atoms with van der Waals surface area (Å²) in [7, 11) is 0. The number of pyridine rings is 1. The van der Waals surface area contributed by atoms with E-state index in [9.17, 15) is 0 Å². The fourth-order valence-electron chi connectivity index (χ4n) is 2.98. The molecule has 0 bridgehead atoms. The molecule has 2 atom stereocenters. The Kier molecular flexibility index (Phi) is 3.91. The van der Waals surface area contributed by atoms with Crippen LogP contribution >= 0.6 is 0 Å². The van der Waals surface area contributed by atoms with E-state index in [0.29, 0.717) is 12.0 Å². The van der Waals surface area contributed by atoms with Crippen LogP contribution < -0.4 is 5.32 Å². The van der Waals surface area contributed by atoms with Crippen molar-refractivity contribution < 1.29 is 0 Å². The molecule has 2 heterocycles. The van der Waals surface area contributed by atoms with Gasteiger partial charge >= 0.3 is 0 Å². The normalized spacial score (nSPS) is 28.2. The highest BCUT2D eigenvalue weighted by atomic mass is 15.1. The molecular weight excluding hydrogens is 222 g/mol. The maximum atomic E-state index is 4.20. The van der Waals surface area contributed by atoms with E-state index in [1.807, 2.05) is 18.5 Å². The molecule has 3 nitrogen and oxygen atoms in total. The van der Waals surface area contributed by atoms with Crippen LogP contribution in [-0.4, -0.2) is 42.1 Å². The molecular formula is C15H23N3. The van der Waals surface area contributed by atoms with Gasteiger partial charge in [0.25, 0.3) is 0 Å². The Hall–Kier alpha value is -0.930. The van der Waals surface area contributed by atoms with Crippen LogP contribution in [0.3, 0.4) is 0 Å². The summed E-state index contributed by atoms with van der Waals surface area (Å²) in [5, 5.41) is 3.68. The zero-order valence-corrected chi connectivity index (χ0v) is 11.0. The SMILES string of the molecule is c1cncc([C@H]2C[C@@H]2NCCN2CCCCC2)c1. The molecule has 1 aromatic heterocycles. The number of rotatable bonds is 5. The Labute approximate surface area is 110 Å². The molecule has 1 aliphatic heterocycles. The number of hydrogen-bond donors (Lipinski definition) is 1. The monoisotopic (exact) mass is 245 g/mol. The Morgan fingerprint density at radius 1 is 1.28 bits per heavy atom. The Bertz CT molecular complexity index is 359. The fraction of sp³-hybridized carbons (Fsp3) is 0.667.